The lowest BCUT2D eigenvalue weighted by Gasteiger charge is -2.25. The molecule has 8 rings (SSSR count). The van der Waals surface area contributed by atoms with Crippen molar-refractivity contribution in [2.24, 2.45) is 10.8 Å². The van der Waals surface area contributed by atoms with Gasteiger partial charge in [0, 0.05) is 52.3 Å². The molecule has 0 saturated heterocycles. The number of carbonyl (C=O) groups excluding carboxylic acids is 3. The van der Waals surface area contributed by atoms with Crippen molar-refractivity contribution in [3.05, 3.63) is 167 Å². The number of likely N-dealkylation sites (N-methyl/N-ethyl adjacent to an activating group) is 2. The van der Waals surface area contributed by atoms with E-state index >= 15 is 0 Å². The number of fused-ring (bicyclic) bond motifs is 6. The van der Waals surface area contributed by atoms with Crippen LogP contribution in [-0.2, 0) is 15.6 Å². The van der Waals surface area contributed by atoms with Crippen molar-refractivity contribution in [2.75, 3.05) is 36.1 Å². The van der Waals surface area contributed by atoms with Gasteiger partial charge in [-0.2, -0.15) is 5.10 Å². The van der Waals surface area contributed by atoms with E-state index in [1.807, 2.05) is 32.1 Å². The standard InChI is InChI=1S/C27H29N3O2.C18H19NO.C9H11NO2.H3N/c1-5-30-24(17-18-28-29-26(31)21-13-9-10-14-23(21)32-6-2)27(3,4)22-16-15-19-11-7-8-12-20(19)25(22)30;1-4-19-16(11-12-20)18(2,3)15-10-9-13-7-5-6-8-14(13)17(15)19;1-2-12-8-6-4-3-5-7(8)9(10)11;/h7-18H,5-6H2,1-4H3,(H,29,31);5-12H,4H2,1-3H3;3-6H,2H2,1H3,(H2,10,11);1H3/b24-17-,28-18+;16-11-;;. The number of ether oxygens (including phenoxy) is 2. The van der Waals surface area contributed by atoms with Crippen LogP contribution in [0.2, 0.25) is 0 Å². The Morgan fingerprint density at radius 2 is 1.05 bits per heavy atom. The van der Waals surface area contributed by atoms with Gasteiger partial charge < -0.3 is 31.2 Å². The van der Waals surface area contributed by atoms with Crippen LogP contribution in [0, 0.1) is 0 Å². The number of aldehydes is 1. The van der Waals surface area contributed by atoms with Gasteiger partial charge in [-0.15, -0.1) is 0 Å². The van der Waals surface area contributed by atoms with E-state index in [4.69, 9.17) is 15.2 Å². The summed E-state index contributed by atoms with van der Waals surface area (Å²) < 4.78 is 10.7. The molecular weight excluding hydrogens is 813 g/mol. The fourth-order valence-corrected chi connectivity index (χ4v) is 8.76. The summed E-state index contributed by atoms with van der Waals surface area (Å²) in [7, 11) is 0. The van der Waals surface area contributed by atoms with Gasteiger partial charge in [0.15, 0.2) is 0 Å². The molecule has 0 fully saturated rings. The van der Waals surface area contributed by atoms with Crippen LogP contribution < -0.4 is 36.6 Å². The van der Waals surface area contributed by atoms with Crippen molar-refractivity contribution >= 4 is 57.2 Å². The second kappa shape index (κ2) is 21.4. The SMILES string of the molecule is CCN1/C(=C\C=O)C(C)(C)c2ccc3ccccc3c21.CCOc1ccccc1C(=O)N/N=C/C=C1\N(CC)c2c(ccc3ccccc23)C1(C)C.CCOc1ccccc1C(N)=O.N. The highest BCUT2D eigenvalue weighted by Crippen LogP contribution is 2.51. The molecule has 2 aliphatic heterocycles. The van der Waals surface area contributed by atoms with Crippen molar-refractivity contribution in [1.82, 2.24) is 11.6 Å². The molecule has 2 amide bonds. The highest BCUT2D eigenvalue weighted by atomic mass is 16.5. The maximum absolute atomic E-state index is 12.6. The van der Waals surface area contributed by atoms with Gasteiger partial charge in [0.1, 0.15) is 17.8 Å². The number of nitrogens with zero attached hydrogens (tertiary/aromatic N) is 3. The number of benzene rings is 6. The summed E-state index contributed by atoms with van der Waals surface area (Å²) in [6, 6.07) is 39.8. The third-order valence-corrected chi connectivity index (χ3v) is 11.8. The first-order chi connectivity index (χ1) is 30.8. The molecule has 0 radical (unpaired) electrons. The first-order valence-electron chi connectivity index (χ1n) is 21.9. The zero-order valence-electron chi connectivity index (χ0n) is 38.9. The number of anilines is 2. The number of hydrogen-bond acceptors (Lipinski definition) is 9. The number of para-hydroxylation sites is 2. The molecule has 0 aromatic heterocycles. The first kappa shape index (κ1) is 48.8. The maximum Gasteiger partial charge on any atom is 0.275 e. The minimum absolute atomic E-state index is 0. The molecule has 0 spiro atoms. The molecule has 6 aromatic carbocycles. The third kappa shape index (κ3) is 9.95. The van der Waals surface area contributed by atoms with Crippen LogP contribution in [0.3, 0.4) is 0 Å². The number of allylic oxidation sites excluding steroid dienone is 4. The number of primary amides is 1. The van der Waals surface area contributed by atoms with Gasteiger partial charge in [0.2, 0.25) is 0 Å². The fraction of sp³-hybridized carbons (Fsp3) is 0.259. The summed E-state index contributed by atoms with van der Waals surface area (Å²) in [6.45, 7) is 19.6. The van der Waals surface area contributed by atoms with E-state index in [1.54, 1.807) is 48.7 Å². The topological polar surface area (TPSA) is 162 Å². The normalized spacial score (nSPS) is 15.3. The number of nitrogens with two attached hydrogens (primary N) is 1. The van der Waals surface area contributed by atoms with Crippen LogP contribution in [0.1, 0.15) is 87.2 Å². The number of nitrogens with one attached hydrogen (secondary N) is 1. The second-order valence-electron chi connectivity index (χ2n) is 16.3. The van der Waals surface area contributed by atoms with Gasteiger partial charge in [-0.05, 0) is 86.0 Å². The lowest BCUT2D eigenvalue weighted by molar-refractivity contribution is -0.104. The van der Waals surface area contributed by atoms with Crippen molar-refractivity contribution in [3.63, 3.8) is 0 Å². The van der Waals surface area contributed by atoms with Gasteiger partial charge in [0.25, 0.3) is 11.8 Å². The molecule has 0 aliphatic carbocycles. The maximum atomic E-state index is 12.6. The fourth-order valence-electron chi connectivity index (χ4n) is 8.76. The Labute approximate surface area is 383 Å². The van der Waals surface area contributed by atoms with Crippen LogP contribution in [0.25, 0.3) is 21.5 Å². The van der Waals surface area contributed by atoms with E-state index in [0.717, 1.165) is 30.8 Å². The van der Waals surface area contributed by atoms with Crippen molar-refractivity contribution in [3.8, 4) is 11.5 Å². The van der Waals surface area contributed by atoms with Gasteiger partial charge in [-0.25, -0.2) is 5.43 Å². The summed E-state index contributed by atoms with van der Waals surface area (Å²) in [6.07, 6.45) is 6.26. The molecule has 0 bridgehead atoms. The summed E-state index contributed by atoms with van der Waals surface area (Å²) in [5.74, 6) is 0.347. The minimum atomic E-state index is -0.459. The Bertz CT molecular complexity index is 2750. The van der Waals surface area contributed by atoms with Crippen LogP contribution in [-0.4, -0.2) is 50.6 Å². The third-order valence-electron chi connectivity index (χ3n) is 11.8. The quantitative estimate of drug-likeness (QED) is 0.0501. The number of amides is 2. The van der Waals surface area contributed by atoms with Crippen molar-refractivity contribution < 1.29 is 23.9 Å². The number of hydrogen-bond donors (Lipinski definition) is 3. The zero-order valence-corrected chi connectivity index (χ0v) is 38.9. The number of carbonyl (C=O) groups is 3. The van der Waals surface area contributed by atoms with Crippen LogP contribution in [0.15, 0.2) is 150 Å². The van der Waals surface area contributed by atoms with Crippen LogP contribution in [0.4, 0.5) is 11.4 Å². The Kier molecular flexibility index (Phi) is 16.1. The number of hydrazone groups is 1. The lowest BCUT2D eigenvalue weighted by Crippen LogP contribution is -2.26. The van der Waals surface area contributed by atoms with E-state index < -0.39 is 5.91 Å². The highest BCUT2D eigenvalue weighted by Gasteiger charge is 2.41. The molecule has 6 N–H and O–H groups in total. The zero-order chi connectivity index (χ0) is 46.0. The smallest absolute Gasteiger partial charge is 0.275 e. The summed E-state index contributed by atoms with van der Waals surface area (Å²) >= 11 is 0. The molecule has 2 aliphatic rings. The van der Waals surface area contributed by atoms with Gasteiger partial charge in [-0.1, -0.05) is 125 Å². The van der Waals surface area contributed by atoms with E-state index in [0.29, 0.717) is 35.8 Å². The van der Waals surface area contributed by atoms with E-state index in [2.05, 4.69) is 135 Å². The Morgan fingerprint density at radius 1 is 0.615 bits per heavy atom. The molecule has 2 heterocycles. The molecule has 65 heavy (non-hydrogen) atoms. The second-order valence-corrected chi connectivity index (χ2v) is 16.3. The lowest BCUT2D eigenvalue weighted by atomic mass is 9.83. The van der Waals surface area contributed by atoms with Gasteiger partial charge in [0.05, 0.1) is 35.7 Å². The predicted molar refractivity (Wildman–Crippen MR) is 267 cm³/mol. The van der Waals surface area contributed by atoms with Crippen molar-refractivity contribution in [2.45, 2.75) is 66.2 Å². The molecule has 0 atom stereocenters. The highest BCUT2D eigenvalue weighted by molar-refractivity contribution is 6.02. The summed E-state index contributed by atoms with van der Waals surface area (Å²) in [4.78, 5) is 39.0. The van der Waals surface area contributed by atoms with Crippen LogP contribution >= 0.6 is 0 Å². The molecule has 11 nitrogen and oxygen atoms in total. The summed E-state index contributed by atoms with van der Waals surface area (Å²) in [5.41, 5.74) is 15.7. The van der Waals surface area contributed by atoms with E-state index in [-0.39, 0.29) is 22.9 Å². The monoisotopic (exact) mass is 874 g/mol. The van der Waals surface area contributed by atoms with E-state index in [9.17, 15) is 14.4 Å². The average Bonchev–Trinajstić information content (AvgIpc) is 3.67. The molecule has 11 heteroatoms. The average molecular weight is 875 g/mol. The molecule has 0 unspecified atom stereocenters. The first-order valence-corrected chi connectivity index (χ1v) is 21.9. The van der Waals surface area contributed by atoms with Gasteiger partial charge >= 0.3 is 0 Å². The Morgan fingerprint density at radius 3 is 1.51 bits per heavy atom. The van der Waals surface area contributed by atoms with Crippen molar-refractivity contribution in [1.29, 1.82) is 0 Å². The molecule has 0 saturated carbocycles. The summed E-state index contributed by atoms with van der Waals surface area (Å²) in [5, 5.41) is 9.17. The number of rotatable bonds is 11. The molecule has 6 aromatic rings. The molecular formula is C54H62N6O5. The van der Waals surface area contributed by atoms with E-state index in [1.165, 1.54) is 44.0 Å². The molecule has 338 valence electrons. The van der Waals surface area contributed by atoms with Gasteiger partial charge in [-0.3, -0.25) is 14.4 Å². The predicted octanol–water partition coefficient (Wildman–Crippen LogP) is 11.0. The van der Waals surface area contributed by atoms with Crippen LogP contribution in [0.5, 0.6) is 11.5 Å². The minimum Gasteiger partial charge on any atom is -0.493 e. The Hall–Kier alpha value is -7.24. The largest absolute Gasteiger partial charge is 0.493 e. The Balaban J connectivity index is 0.000000204.